The summed E-state index contributed by atoms with van der Waals surface area (Å²) >= 11 is 0. The molecule has 1 unspecified atom stereocenters. The van der Waals surface area contributed by atoms with Crippen molar-refractivity contribution in [3.63, 3.8) is 0 Å². The third-order valence-corrected chi connectivity index (χ3v) is 6.56. The van der Waals surface area contributed by atoms with E-state index < -0.39 is 25.5 Å². The SMILES string of the molecule is CC(C)(C)C1CN(C(=O)O)CCc2cc(-c3noc(-c4ccc(OC(CF)CF)c(C#N)c4)n3)ccc21. The van der Waals surface area contributed by atoms with Crippen molar-refractivity contribution in [3.05, 3.63) is 53.1 Å². The van der Waals surface area contributed by atoms with E-state index in [0.717, 1.165) is 16.7 Å². The number of hydrogen-bond donors (Lipinski definition) is 1. The fourth-order valence-electron chi connectivity index (χ4n) is 4.48. The predicted molar refractivity (Wildman–Crippen MR) is 132 cm³/mol. The average molecular weight is 511 g/mol. The Labute approximate surface area is 213 Å². The van der Waals surface area contributed by atoms with Crippen LogP contribution >= 0.6 is 0 Å². The normalized spacial score (nSPS) is 15.7. The summed E-state index contributed by atoms with van der Waals surface area (Å²) in [6.45, 7) is 5.11. The van der Waals surface area contributed by atoms with Crippen LogP contribution in [0.3, 0.4) is 0 Å². The summed E-state index contributed by atoms with van der Waals surface area (Å²) in [5, 5.41) is 23.2. The van der Waals surface area contributed by atoms with E-state index in [1.165, 1.54) is 17.0 Å². The number of hydrogen-bond acceptors (Lipinski definition) is 6. The van der Waals surface area contributed by atoms with E-state index in [1.54, 1.807) is 6.07 Å². The summed E-state index contributed by atoms with van der Waals surface area (Å²) in [4.78, 5) is 17.7. The minimum atomic E-state index is -1.28. The topological polar surface area (TPSA) is 112 Å². The largest absolute Gasteiger partial charge is 0.484 e. The Hall–Kier alpha value is -4.00. The number of benzene rings is 2. The van der Waals surface area contributed by atoms with Crippen molar-refractivity contribution in [2.75, 3.05) is 26.4 Å². The molecule has 3 aromatic rings. The van der Waals surface area contributed by atoms with Crippen LogP contribution in [0.25, 0.3) is 22.8 Å². The number of nitrogens with zero attached hydrogens (tertiary/aromatic N) is 4. The molecule has 0 radical (unpaired) electrons. The van der Waals surface area contributed by atoms with Crippen LogP contribution in [0.2, 0.25) is 0 Å². The van der Waals surface area contributed by atoms with Gasteiger partial charge in [-0.05, 0) is 47.2 Å². The van der Waals surface area contributed by atoms with Crippen LogP contribution in [-0.4, -0.2) is 58.8 Å². The number of nitriles is 1. The summed E-state index contributed by atoms with van der Waals surface area (Å²) in [5.74, 6) is 0.611. The summed E-state index contributed by atoms with van der Waals surface area (Å²) in [6, 6.07) is 12.3. The maximum absolute atomic E-state index is 12.8. The van der Waals surface area contributed by atoms with E-state index in [9.17, 15) is 23.9 Å². The molecule has 37 heavy (non-hydrogen) atoms. The molecule has 0 bridgehead atoms. The molecule has 10 heteroatoms. The molecule has 4 rings (SSSR count). The third-order valence-electron chi connectivity index (χ3n) is 6.56. The van der Waals surface area contributed by atoms with E-state index in [2.05, 4.69) is 30.9 Å². The van der Waals surface area contributed by atoms with Gasteiger partial charge in [-0.2, -0.15) is 10.2 Å². The Bertz CT molecular complexity index is 1320. The second kappa shape index (κ2) is 10.5. The van der Waals surface area contributed by atoms with E-state index >= 15 is 0 Å². The second-order valence-electron chi connectivity index (χ2n) is 10.1. The van der Waals surface area contributed by atoms with Gasteiger partial charge in [0.15, 0.2) is 6.10 Å². The highest BCUT2D eigenvalue weighted by Crippen LogP contribution is 2.40. The first kappa shape index (κ1) is 26.1. The molecule has 1 N–H and O–H groups in total. The number of aromatic nitrogens is 2. The van der Waals surface area contributed by atoms with Gasteiger partial charge in [-0.25, -0.2) is 13.6 Å². The molecule has 0 saturated carbocycles. The predicted octanol–water partition coefficient (Wildman–Crippen LogP) is 5.63. The Balaban J connectivity index is 1.63. The second-order valence-corrected chi connectivity index (χ2v) is 10.1. The van der Waals surface area contributed by atoms with Gasteiger partial charge in [0.25, 0.3) is 5.89 Å². The molecular weight excluding hydrogens is 482 g/mol. The van der Waals surface area contributed by atoms with Crippen LogP contribution in [0.15, 0.2) is 40.9 Å². The fourth-order valence-corrected chi connectivity index (χ4v) is 4.48. The van der Waals surface area contributed by atoms with Gasteiger partial charge < -0.3 is 19.3 Å². The van der Waals surface area contributed by atoms with Gasteiger partial charge in [0.2, 0.25) is 5.82 Å². The molecule has 2 heterocycles. The number of carboxylic acid groups (broad SMARTS) is 1. The van der Waals surface area contributed by atoms with E-state index in [0.29, 0.717) is 30.9 Å². The minimum absolute atomic E-state index is 0.0236. The highest BCUT2D eigenvalue weighted by molar-refractivity contribution is 5.66. The van der Waals surface area contributed by atoms with Gasteiger partial charge >= 0.3 is 6.09 Å². The number of amides is 1. The Morgan fingerprint density at radius 3 is 2.62 bits per heavy atom. The molecule has 1 amide bonds. The molecule has 0 saturated heterocycles. The van der Waals surface area contributed by atoms with Gasteiger partial charge in [-0.15, -0.1) is 0 Å². The number of halogens is 2. The lowest BCUT2D eigenvalue weighted by atomic mass is 9.75. The summed E-state index contributed by atoms with van der Waals surface area (Å²) in [7, 11) is 0. The van der Waals surface area contributed by atoms with Crippen molar-refractivity contribution < 1.29 is 27.9 Å². The number of rotatable bonds is 6. The van der Waals surface area contributed by atoms with Crippen LogP contribution in [0.5, 0.6) is 5.75 Å². The van der Waals surface area contributed by atoms with Crippen molar-refractivity contribution in [2.24, 2.45) is 5.41 Å². The third kappa shape index (κ3) is 5.56. The van der Waals surface area contributed by atoms with Crippen LogP contribution in [0, 0.1) is 16.7 Å². The van der Waals surface area contributed by atoms with Gasteiger partial charge in [0.05, 0.1) is 5.56 Å². The number of fused-ring (bicyclic) bond motifs is 1. The quantitative estimate of drug-likeness (QED) is 0.457. The van der Waals surface area contributed by atoms with Crippen LogP contribution in [0.1, 0.15) is 43.4 Å². The Morgan fingerprint density at radius 2 is 1.97 bits per heavy atom. The number of carbonyl (C=O) groups is 1. The first-order valence-corrected chi connectivity index (χ1v) is 11.9. The summed E-state index contributed by atoms with van der Waals surface area (Å²) in [5.41, 5.74) is 3.27. The molecule has 194 valence electrons. The van der Waals surface area contributed by atoms with Crippen molar-refractivity contribution in [2.45, 2.75) is 39.2 Å². The molecule has 8 nitrogen and oxygen atoms in total. The molecule has 1 atom stereocenters. The number of ether oxygens (including phenoxy) is 1. The van der Waals surface area contributed by atoms with Crippen molar-refractivity contribution in [3.8, 4) is 34.7 Å². The lowest BCUT2D eigenvalue weighted by Crippen LogP contribution is -2.36. The van der Waals surface area contributed by atoms with E-state index in [1.807, 2.05) is 24.3 Å². The smallest absolute Gasteiger partial charge is 0.407 e. The number of alkyl halides is 2. The maximum Gasteiger partial charge on any atom is 0.407 e. The molecular formula is C27H28F2N4O4. The summed E-state index contributed by atoms with van der Waals surface area (Å²) < 4.78 is 36.4. The van der Waals surface area contributed by atoms with Crippen LogP contribution in [0.4, 0.5) is 13.6 Å². The standard InChI is InChI=1S/C27H28F2N4O4/c1-27(2,3)22-15-33(26(34)35)9-8-16-10-17(4-6-21(16)22)24-31-25(37-32-24)18-5-7-23(19(11-18)14-30)36-20(12-28)13-29/h4-7,10-11,20,22H,8-9,12-13,15H2,1-3H3,(H,34,35). The zero-order valence-electron chi connectivity index (χ0n) is 20.9. The molecule has 2 aromatic carbocycles. The van der Waals surface area contributed by atoms with Gasteiger partial charge in [-0.1, -0.05) is 38.1 Å². The molecule has 1 aromatic heterocycles. The van der Waals surface area contributed by atoms with Gasteiger partial charge in [0, 0.05) is 30.1 Å². The highest BCUT2D eigenvalue weighted by Gasteiger charge is 2.34. The van der Waals surface area contributed by atoms with Crippen molar-refractivity contribution in [1.29, 1.82) is 5.26 Å². The zero-order chi connectivity index (χ0) is 26.7. The lowest BCUT2D eigenvalue weighted by Gasteiger charge is -2.33. The molecule has 1 aliphatic rings. The van der Waals surface area contributed by atoms with Crippen molar-refractivity contribution >= 4 is 6.09 Å². The zero-order valence-corrected chi connectivity index (χ0v) is 20.9. The molecule has 0 spiro atoms. The Kier molecular flexibility index (Phi) is 7.43. The van der Waals surface area contributed by atoms with E-state index in [4.69, 9.17) is 9.26 Å². The van der Waals surface area contributed by atoms with Crippen LogP contribution < -0.4 is 4.74 Å². The Morgan fingerprint density at radius 1 is 1.24 bits per heavy atom. The summed E-state index contributed by atoms with van der Waals surface area (Å²) in [6.07, 6.45) is -1.64. The van der Waals surface area contributed by atoms with Gasteiger partial charge in [-0.3, -0.25) is 0 Å². The maximum atomic E-state index is 12.8. The monoisotopic (exact) mass is 510 g/mol. The molecule has 0 aliphatic carbocycles. The van der Waals surface area contributed by atoms with E-state index in [-0.39, 0.29) is 28.5 Å². The average Bonchev–Trinajstić information content (AvgIpc) is 3.28. The van der Waals surface area contributed by atoms with Gasteiger partial charge in [0.1, 0.15) is 25.2 Å². The highest BCUT2D eigenvalue weighted by atomic mass is 19.1. The van der Waals surface area contributed by atoms with Crippen LogP contribution in [-0.2, 0) is 6.42 Å². The first-order chi connectivity index (χ1) is 17.6. The molecule has 0 fully saturated rings. The van der Waals surface area contributed by atoms with Crippen molar-refractivity contribution in [1.82, 2.24) is 15.0 Å². The first-order valence-electron chi connectivity index (χ1n) is 11.9. The fraction of sp³-hybridized carbons (Fsp3) is 0.407. The molecule has 1 aliphatic heterocycles. The minimum Gasteiger partial charge on any atom is -0.484 e. The lowest BCUT2D eigenvalue weighted by molar-refractivity contribution is 0.133.